The molecule has 2 fully saturated rings. The molecule has 0 spiro atoms. The predicted octanol–water partition coefficient (Wildman–Crippen LogP) is 2.84. The number of aromatic nitrogens is 1. The fourth-order valence-electron chi connectivity index (χ4n) is 3.63. The van der Waals surface area contributed by atoms with E-state index >= 15 is 0 Å². The van der Waals surface area contributed by atoms with Crippen LogP contribution in [-0.4, -0.2) is 22.3 Å². The minimum Gasteiger partial charge on any atom is -0.388 e. The second kappa shape index (κ2) is 4.29. The average molecular weight is 255 g/mol. The number of fused-ring (bicyclic) bond motifs is 3. The van der Waals surface area contributed by atoms with Gasteiger partial charge in [-0.05, 0) is 37.0 Å². The lowest BCUT2D eigenvalue weighted by atomic mass is 9.82. The highest BCUT2D eigenvalue weighted by atomic mass is 16.5. The Morgan fingerprint density at radius 2 is 2.16 bits per heavy atom. The fraction of sp³-hybridized carbons (Fsp3) is 0.438. The van der Waals surface area contributed by atoms with Crippen molar-refractivity contribution >= 4 is 10.9 Å². The SMILES string of the molecule is OC(c1cccc2ncccc12)C1CC2CCC1O2. The summed E-state index contributed by atoms with van der Waals surface area (Å²) < 4.78 is 5.86. The summed E-state index contributed by atoms with van der Waals surface area (Å²) in [6.45, 7) is 0. The van der Waals surface area contributed by atoms with E-state index in [4.69, 9.17) is 4.74 Å². The monoisotopic (exact) mass is 255 g/mol. The molecule has 1 aromatic heterocycles. The first-order valence-corrected chi connectivity index (χ1v) is 7.00. The summed E-state index contributed by atoms with van der Waals surface area (Å²) in [4.78, 5) is 4.36. The Morgan fingerprint density at radius 3 is 2.95 bits per heavy atom. The summed E-state index contributed by atoms with van der Waals surface area (Å²) in [6, 6.07) is 9.94. The number of rotatable bonds is 2. The van der Waals surface area contributed by atoms with Crippen LogP contribution in [0.2, 0.25) is 0 Å². The molecule has 2 aromatic rings. The Labute approximate surface area is 112 Å². The van der Waals surface area contributed by atoms with Crippen LogP contribution in [0.5, 0.6) is 0 Å². The molecule has 3 nitrogen and oxygen atoms in total. The summed E-state index contributed by atoms with van der Waals surface area (Å²) in [5.74, 6) is 0.240. The van der Waals surface area contributed by atoms with E-state index in [1.165, 1.54) is 0 Å². The molecular weight excluding hydrogens is 238 g/mol. The van der Waals surface area contributed by atoms with Gasteiger partial charge in [-0.1, -0.05) is 18.2 Å². The lowest BCUT2D eigenvalue weighted by Gasteiger charge is -2.25. The second-order valence-corrected chi connectivity index (χ2v) is 5.64. The molecule has 0 radical (unpaired) electrons. The van der Waals surface area contributed by atoms with E-state index < -0.39 is 6.10 Å². The van der Waals surface area contributed by atoms with Crippen molar-refractivity contribution in [3.63, 3.8) is 0 Å². The lowest BCUT2D eigenvalue weighted by molar-refractivity contribution is 0.0429. The van der Waals surface area contributed by atoms with Crippen molar-refractivity contribution in [2.45, 2.75) is 37.6 Å². The summed E-state index contributed by atoms with van der Waals surface area (Å²) in [7, 11) is 0. The molecule has 3 heterocycles. The smallest absolute Gasteiger partial charge is 0.0850 e. The highest BCUT2D eigenvalue weighted by Gasteiger charge is 2.44. The standard InChI is InChI=1S/C16H17NO2/c18-16(13-9-10-6-7-15(13)19-10)12-3-1-5-14-11(12)4-2-8-17-14/h1-5,8,10,13,15-16,18H,6-7,9H2. The van der Waals surface area contributed by atoms with E-state index in [0.29, 0.717) is 6.10 Å². The van der Waals surface area contributed by atoms with Crippen molar-refractivity contribution in [2.75, 3.05) is 0 Å². The van der Waals surface area contributed by atoms with E-state index in [-0.39, 0.29) is 12.0 Å². The van der Waals surface area contributed by atoms with Crippen molar-refractivity contribution in [1.82, 2.24) is 4.98 Å². The van der Waals surface area contributed by atoms with Crippen LogP contribution in [0.1, 0.15) is 30.9 Å². The number of ether oxygens (including phenoxy) is 1. The van der Waals surface area contributed by atoms with E-state index in [1.807, 2.05) is 30.3 Å². The zero-order chi connectivity index (χ0) is 12.8. The largest absolute Gasteiger partial charge is 0.388 e. The molecule has 0 saturated carbocycles. The minimum absolute atomic E-state index is 0.240. The third kappa shape index (κ3) is 1.77. The Morgan fingerprint density at radius 1 is 1.21 bits per heavy atom. The van der Waals surface area contributed by atoms with Crippen LogP contribution < -0.4 is 0 Å². The molecule has 1 aromatic carbocycles. The molecule has 4 unspecified atom stereocenters. The minimum atomic E-state index is -0.441. The maximum Gasteiger partial charge on any atom is 0.0850 e. The molecule has 2 aliphatic rings. The van der Waals surface area contributed by atoms with Crippen LogP contribution in [0, 0.1) is 5.92 Å². The number of pyridine rings is 1. The maximum absolute atomic E-state index is 10.7. The molecule has 1 N–H and O–H groups in total. The molecular formula is C16H17NO2. The number of aliphatic hydroxyl groups is 1. The van der Waals surface area contributed by atoms with Crippen LogP contribution in [0.4, 0.5) is 0 Å². The summed E-state index contributed by atoms with van der Waals surface area (Å²) in [6.07, 6.45) is 5.20. The van der Waals surface area contributed by atoms with E-state index in [1.54, 1.807) is 6.20 Å². The van der Waals surface area contributed by atoms with Gasteiger partial charge in [-0.15, -0.1) is 0 Å². The summed E-state index contributed by atoms with van der Waals surface area (Å²) >= 11 is 0. The van der Waals surface area contributed by atoms with E-state index in [2.05, 4.69) is 4.98 Å². The van der Waals surface area contributed by atoms with Gasteiger partial charge in [0.05, 0.1) is 23.8 Å². The third-order valence-corrected chi connectivity index (χ3v) is 4.56. The molecule has 4 atom stereocenters. The maximum atomic E-state index is 10.7. The van der Waals surface area contributed by atoms with Crippen LogP contribution in [0.3, 0.4) is 0 Å². The molecule has 19 heavy (non-hydrogen) atoms. The van der Waals surface area contributed by atoms with Crippen LogP contribution in [0.15, 0.2) is 36.5 Å². The third-order valence-electron chi connectivity index (χ3n) is 4.56. The molecule has 4 rings (SSSR count). The summed E-state index contributed by atoms with van der Waals surface area (Å²) in [5, 5.41) is 11.8. The molecule has 0 amide bonds. The molecule has 0 aliphatic carbocycles. The number of hydrogen-bond acceptors (Lipinski definition) is 3. The van der Waals surface area contributed by atoms with Crippen LogP contribution >= 0.6 is 0 Å². The van der Waals surface area contributed by atoms with Gasteiger partial charge in [-0.25, -0.2) is 0 Å². The Kier molecular flexibility index (Phi) is 2.57. The molecule has 3 heteroatoms. The first-order chi connectivity index (χ1) is 9.33. The normalized spacial score (nSPS) is 30.9. The Balaban J connectivity index is 1.74. The van der Waals surface area contributed by atoms with Crippen molar-refractivity contribution in [2.24, 2.45) is 5.92 Å². The summed E-state index contributed by atoms with van der Waals surface area (Å²) in [5.41, 5.74) is 1.94. The van der Waals surface area contributed by atoms with Crippen molar-refractivity contribution in [3.05, 3.63) is 42.1 Å². The zero-order valence-electron chi connectivity index (χ0n) is 10.7. The van der Waals surface area contributed by atoms with Gasteiger partial charge in [0.25, 0.3) is 0 Å². The Bertz CT molecular complexity index is 607. The number of hydrogen-bond donors (Lipinski definition) is 1. The van der Waals surface area contributed by atoms with Gasteiger partial charge in [0.2, 0.25) is 0 Å². The molecule has 2 aliphatic heterocycles. The molecule has 98 valence electrons. The van der Waals surface area contributed by atoms with Crippen molar-refractivity contribution in [3.8, 4) is 0 Å². The highest BCUT2D eigenvalue weighted by Crippen LogP contribution is 2.45. The zero-order valence-corrected chi connectivity index (χ0v) is 10.7. The van der Waals surface area contributed by atoms with Gasteiger partial charge in [0, 0.05) is 17.5 Å². The van der Waals surface area contributed by atoms with Gasteiger partial charge < -0.3 is 9.84 Å². The molecule has 2 saturated heterocycles. The van der Waals surface area contributed by atoms with Crippen molar-refractivity contribution < 1.29 is 9.84 Å². The number of aliphatic hydroxyl groups excluding tert-OH is 1. The lowest BCUT2D eigenvalue weighted by Crippen LogP contribution is -2.23. The highest BCUT2D eigenvalue weighted by molar-refractivity contribution is 5.82. The second-order valence-electron chi connectivity index (χ2n) is 5.64. The average Bonchev–Trinajstić information content (AvgIpc) is 3.08. The van der Waals surface area contributed by atoms with Crippen LogP contribution in [0.25, 0.3) is 10.9 Å². The van der Waals surface area contributed by atoms with Gasteiger partial charge in [0.1, 0.15) is 0 Å². The Hall–Kier alpha value is -1.45. The van der Waals surface area contributed by atoms with Crippen LogP contribution in [-0.2, 0) is 4.74 Å². The first-order valence-electron chi connectivity index (χ1n) is 7.00. The predicted molar refractivity (Wildman–Crippen MR) is 72.7 cm³/mol. The number of nitrogens with zero attached hydrogens (tertiary/aromatic N) is 1. The topological polar surface area (TPSA) is 42.4 Å². The van der Waals surface area contributed by atoms with Gasteiger partial charge in [-0.3, -0.25) is 4.98 Å². The number of benzene rings is 1. The first kappa shape index (κ1) is 11.4. The van der Waals surface area contributed by atoms with Gasteiger partial charge in [0.15, 0.2) is 0 Å². The van der Waals surface area contributed by atoms with E-state index in [0.717, 1.165) is 35.7 Å². The van der Waals surface area contributed by atoms with Crippen molar-refractivity contribution in [1.29, 1.82) is 0 Å². The van der Waals surface area contributed by atoms with Gasteiger partial charge >= 0.3 is 0 Å². The quantitative estimate of drug-likeness (QED) is 0.897. The van der Waals surface area contributed by atoms with Gasteiger partial charge in [-0.2, -0.15) is 0 Å². The fourth-order valence-corrected chi connectivity index (χ4v) is 3.63. The van der Waals surface area contributed by atoms with E-state index in [9.17, 15) is 5.11 Å². The molecule has 2 bridgehead atoms.